The minimum atomic E-state index is -0.0496. The fraction of sp³-hybridized carbons (Fsp3) is 0.722. The van der Waals surface area contributed by atoms with Crippen LogP contribution >= 0.6 is 0 Å². The van der Waals surface area contributed by atoms with Crippen LogP contribution in [0.15, 0.2) is 12.4 Å². The van der Waals surface area contributed by atoms with E-state index in [1.54, 1.807) is 6.33 Å². The Morgan fingerprint density at radius 1 is 1.36 bits per heavy atom. The fourth-order valence-corrected chi connectivity index (χ4v) is 4.31. The van der Waals surface area contributed by atoms with E-state index in [1.165, 1.54) is 0 Å². The summed E-state index contributed by atoms with van der Waals surface area (Å²) >= 11 is 0. The molecule has 4 rings (SSSR count). The van der Waals surface area contributed by atoms with Crippen molar-refractivity contribution in [2.45, 2.75) is 31.3 Å². The summed E-state index contributed by atoms with van der Waals surface area (Å²) in [6.45, 7) is 4.41. The SMILES string of the molecule is CN(C)c1cc(N2CC3(C2)OCCC3CCN2CCCC2=O)ncn1. The van der Waals surface area contributed by atoms with Crippen LogP contribution in [0.1, 0.15) is 25.7 Å². The highest BCUT2D eigenvalue weighted by molar-refractivity contribution is 5.78. The molecule has 4 heterocycles. The third-order valence-electron chi connectivity index (χ3n) is 5.86. The molecule has 7 nitrogen and oxygen atoms in total. The molecule has 1 atom stereocenters. The second kappa shape index (κ2) is 6.44. The van der Waals surface area contributed by atoms with Crippen molar-refractivity contribution < 1.29 is 9.53 Å². The summed E-state index contributed by atoms with van der Waals surface area (Å²) in [5.41, 5.74) is -0.0496. The molecule has 1 amide bonds. The molecular weight excluding hydrogens is 318 g/mol. The highest BCUT2D eigenvalue weighted by Crippen LogP contribution is 2.43. The predicted octanol–water partition coefficient (Wildman–Crippen LogP) is 1.15. The van der Waals surface area contributed by atoms with Gasteiger partial charge in [0.05, 0.1) is 13.1 Å². The number of hydrogen-bond acceptors (Lipinski definition) is 6. The van der Waals surface area contributed by atoms with Crippen LogP contribution in [0, 0.1) is 5.92 Å². The molecule has 0 N–H and O–H groups in total. The molecule has 1 unspecified atom stereocenters. The number of nitrogens with zero attached hydrogens (tertiary/aromatic N) is 5. The lowest BCUT2D eigenvalue weighted by Crippen LogP contribution is -2.65. The van der Waals surface area contributed by atoms with E-state index >= 15 is 0 Å². The van der Waals surface area contributed by atoms with Gasteiger partial charge in [-0.25, -0.2) is 9.97 Å². The number of ether oxygens (including phenoxy) is 1. The smallest absolute Gasteiger partial charge is 0.222 e. The van der Waals surface area contributed by atoms with Gasteiger partial charge in [0.1, 0.15) is 23.6 Å². The van der Waals surface area contributed by atoms with Crippen LogP contribution < -0.4 is 9.80 Å². The Morgan fingerprint density at radius 3 is 2.92 bits per heavy atom. The first-order valence-electron chi connectivity index (χ1n) is 9.23. The number of anilines is 2. The van der Waals surface area contributed by atoms with Crippen LogP contribution in [0.2, 0.25) is 0 Å². The molecule has 7 heteroatoms. The molecule has 3 fully saturated rings. The lowest BCUT2D eigenvalue weighted by atomic mass is 9.79. The van der Waals surface area contributed by atoms with Gasteiger partial charge in [-0.15, -0.1) is 0 Å². The monoisotopic (exact) mass is 345 g/mol. The summed E-state index contributed by atoms with van der Waals surface area (Å²) in [7, 11) is 3.97. The second-order valence-corrected chi connectivity index (χ2v) is 7.66. The zero-order chi connectivity index (χ0) is 17.4. The Morgan fingerprint density at radius 2 is 2.20 bits per heavy atom. The Balaban J connectivity index is 1.37. The van der Waals surface area contributed by atoms with E-state index in [0.717, 1.165) is 70.1 Å². The van der Waals surface area contributed by atoms with Gasteiger partial charge in [0.15, 0.2) is 0 Å². The van der Waals surface area contributed by atoms with Crippen LogP contribution in [0.5, 0.6) is 0 Å². The Hall–Kier alpha value is -1.89. The van der Waals surface area contributed by atoms with E-state index in [9.17, 15) is 4.79 Å². The minimum absolute atomic E-state index is 0.0496. The lowest BCUT2D eigenvalue weighted by Gasteiger charge is -2.51. The molecule has 0 saturated carbocycles. The maximum Gasteiger partial charge on any atom is 0.222 e. The number of carbonyl (C=O) groups is 1. The summed E-state index contributed by atoms with van der Waals surface area (Å²) in [5, 5.41) is 0. The van der Waals surface area contributed by atoms with Gasteiger partial charge in [0.25, 0.3) is 0 Å². The Labute approximate surface area is 149 Å². The Kier molecular flexibility index (Phi) is 4.27. The molecule has 0 aliphatic carbocycles. The zero-order valence-electron chi connectivity index (χ0n) is 15.1. The molecule has 3 saturated heterocycles. The van der Waals surface area contributed by atoms with Gasteiger partial charge < -0.3 is 19.4 Å². The predicted molar refractivity (Wildman–Crippen MR) is 95.8 cm³/mol. The van der Waals surface area contributed by atoms with Crippen LogP contribution in [0.25, 0.3) is 0 Å². The first-order valence-corrected chi connectivity index (χ1v) is 9.23. The number of likely N-dealkylation sites (tertiary alicyclic amines) is 1. The van der Waals surface area contributed by atoms with Crippen LogP contribution in [0.3, 0.4) is 0 Å². The van der Waals surface area contributed by atoms with Crippen molar-refractivity contribution in [3.8, 4) is 0 Å². The number of amides is 1. The third-order valence-corrected chi connectivity index (χ3v) is 5.86. The van der Waals surface area contributed by atoms with Gasteiger partial charge in [-0.3, -0.25) is 4.79 Å². The van der Waals surface area contributed by atoms with Gasteiger partial charge in [-0.05, 0) is 25.2 Å². The average molecular weight is 345 g/mol. The fourth-order valence-electron chi connectivity index (χ4n) is 4.31. The van der Waals surface area contributed by atoms with E-state index < -0.39 is 0 Å². The molecule has 0 bridgehead atoms. The quantitative estimate of drug-likeness (QED) is 0.798. The normalized spacial score (nSPS) is 24.9. The van der Waals surface area contributed by atoms with Crippen molar-refractivity contribution in [3.63, 3.8) is 0 Å². The van der Waals surface area contributed by atoms with Crippen LogP contribution in [-0.2, 0) is 9.53 Å². The van der Waals surface area contributed by atoms with Gasteiger partial charge in [0.2, 0.25) is 5.91 Å². The highest BCUT2D eigenvalue weighted by atomic mass is 16.5. The molecule has 25 heavy (non-hydrogen) atoms. The van der Waals surface area contributed by atoms with Gasteiger partial charge in [-0.1, -0.05) is 0 Å². The summed E-state index contributed by atoms with van der Waals surface area (Å²) in [4.78, 5) is 26.8. The largest absolute Gasteiger partial charge is 0.371 e. The first-order chi connectivity index (χ1) is 12.1. The lowest BCUT2D eigenvalue weighted by molar-refractivity contribution is -0.128. The first kappa shape index (κ1) is 16.6. The summed E-state index contributed by atoms with van der Waals surface area (Å²) < 4.78 is 6.16. The summed E-state index contributed by atoms with van der Waals surface area (Å²) in [6.07, 6.45) is 5.51. The standard InChI is InChI=1S/C18H27N5O2/c1-21(2)15-10-16(20-13-19-15)23-11-18(12-23)14(6-9-25-18)5-8-22-7-3-4-17(22)24/h10,13-14H,3-9,11-12H2,1-2H3. The van der Waals surface area contributed by atoms with Crippen molar-refractivity contribution in [2.75, 3.05) is 56.7 Å². The molecule has 3 aliphatic rings. The maximum atomic E-state index is 11.8. The highest BCUT2D eigenvalue weighted by Gasteiger charge is 2.53. The maximum absolute atomic E-state index is 11.8. The van der Waals surface area contributed by atoms with Crippen LogP contribution in [0.4, 0.5) is 11.6 Å². The molecule has 1 aromatic rings. The van der Waals surface area contributed by atoms with Crippen molar-refractivity contribution in [3.05, 3.63) is 12.4 Å². The zero-order valence-corrected chi connectivity index (χ0v) is 15.1. The van der Waals surface area contributed by atoms with Gasteiger partial charge in [-0.2, -0.15) is 0 Å². The third kappa shape index (κ3) is 3.05. The average Bonchev–Trinajstić information content (AvgIpc) is 3.17. The topological polar surface area (TPSA) is 61.8 Å². The van der Waals surface area contributed by atoms with E-state index in [0.29, 0.717) is 11.8 Å². The molecular formula is C18H27N5O2. The molecule has 1 aromatic heterocycles. The number of carbonyl (C=O) groups excluding carboxylic acids is 1. The second-order valence-electron chi connectivity index (χ2n) is 7.66. The van der Waals surface area contributed by atoms with Crippen molar-refractivity contribution in [2.24, 2.45) is 5.92 Å². The number of hydrogen-bond donors (Lipinski definition) is 0. The van der Waals surface area contributed by atoms with Gasteiger partial charge >= 0.3 is 0 Å². The number of aromatic nitrogens is 2. The van der Waals surface area contributed by atoms with Gasteiger partial charge in [0, 0.05) is 46.3 Å². The minimum Gasteiger partial charge on any atom is -0.371 e. The van der Waals surface area contributed by atoms with E-state index in [2.05, 4.69) is 14.9 Å². The molecule has 136 valence electrons. The van der Waals surface area contributed by atoms with Crippen molar-refractivity contribution in [1.82, 2.24) is 14.9 Å². The van der Waals surface area contributed by atoms with Crippen LogP contribution in [-0.4, -0.2) is 73.3 Å². The molecule has 1 spiro atoms. The molecule has 0 aromatic carbocycles. The molecule has 0 radical (unpaired) electrons. The van der Waals surface area contributed by atoms with E-state index in [1.807, 2.05) is 30.0 Å². The molecule has 3 aliphatic heterocycles. The summed E-state index contributed by atoms with van der Waals surface area (Å²) in [5.74, 6) is 2.74. The van der Waals surface area contributed by atoms with E-state index in [4.69, 9.17) is 4.74 Å². The summed E-state index contributed by atoms with van der Waals surface area (Å²) in [6, 6.07) is 2.03. The van der Waals surface area contributed by atoms with E-state index in [-0.39, 0.29) is 5.60 Å². The van der Waals surface area contributed by atoms with Crippen molar-refractivity contribution >= 4 is 17.5 Å². The Bertz CT molecular complexity index is 644. The van der Waals surface area contributed by atoms with Crippen molar-refractivity contribution in [1.29, 1.82) is 0 Å². The number of rotatable bonds is 5.